The fourth-order valence-electron chi connectivity index (χ4n) is 5.45. The highest BCUT2D eigenvalue weighted by atomic mass is 16.5. The van der Waals surface area contributed by atoms with Crippen LogP contribution in [0.4, 0.5) is 11.5 Å². The van der Waals surface area contributed by atoms with Crippen LogP contribution in [-0.2, 0) is 19.1 Å². The number of rotatable bonds is 11. The van der Waals surface area contributed by atoms with Gasteiger partial charge in [0.2, 0.25) is 0 Å². The Morgan fingerprint density at radius 1 is 0.900 bits per heavy atom. The zero-order valence-electron chi connectivity index (χ0n) is 23.6. The van der Waals surface area contributed by atoms with Crippen LogP contribution in [0.15, 0.2) is 42.5 Å². The summed E-state index contributed by atoms with van der Waals surface area (Å²) < 4.78 is 16.0. The highest BCUT2D eigenvalue weighted by Crippen LogP contribution is 2.41. The molecule has 2 fully saturated rings. The van der Waals surface area contributed by atoms with Crippen LogP contribution in [0.2, 0.25) is 0 Å². The second-order valence-corrected chi connectivity index (χ2v) is 10.4. The van der Waals surface area contributed by atoms with Gasteiger partial charge >= 0.3 is 11.9 Å². The normalized spacial score (nSPS) is 15.6. The molecule has 1 saturated carbocycles. The van der Waals surface area contributed by atoms with Gasteiger partial charge in [0.05, 0.1) is 25.8 Å². The largest absolute Gasteiger partial charge is 0.496 e. The van der Waals surface area contributed by atoms with Gasteiger partial charge in [0.1, 0.15) is 30.5 Å². The fourth-order valence-corrected chi connectivity index (χ4v) is 5.45. The summed E-state index contributed by atoms with van der Waals surface area (Å²) in [5.41, 5.74) is 2.85. The van der Waals surface area contributed by atoms with Gasteiger partial charge in [-0.15, -0.1) is 0 Å². The van der Waals surface area contributed by atoms with Crippen LogP contribution in [0.5, 0.6) is 5.75 Å². The monoisotopic (exact) mass is 546 g/mol. The number of nitrogens with zero attached hydrogens (tertiary/aromatic N) is 4. The molecule has 0 amide bonds. The summed E-state index contributed by atoms with van der Waals surface area (Å²) in [4.78, 5) is 38.9. The van der Waals surface area contributed by atoms with Crippen molar-refractivity contribution in [2.75, 3.05) is 56.3 Å². The second kappa shape index (κ2) is 12.5. The lowest BCUT2D eigenvalue weighted by atomic mass is 9.88. The molecule has 2 heterocycles. The van der Waals surface area contributed by atoms with Crippen molar-refractivity contribution in [3.8, 4) is 5.75 Å². The SMILES string of the molecule is CCOC(=O)CN(CC(=O)OCC)c1ccc2nc(C3CC3)nc(N3CCC(c4ccccc4OC)CC3)c2c1. The highest BCUT2D eigenvalue weighted by molar-refractivity contribution is 5.93. The molecular formula is C31H38N4O5. The van der Waals surface area contributed by atoms with E-state index in [2.05, 4.69) is 17.0 Å². The average Bonchev–Trinajstić information content (AvgIpc) is 3.82. The molecule has 5 rings (SSSR count). The predicted molar refractivity (Wildman–Crippen MR) is 154 cm³/mol. The molecule has 2 aliphatic rings. The minimum absolute atomic E-state index is 0.0567. The van der Waals surface area contributed by atoms with Gasteiger partial charge in [-0.05, 0) is 75.3 Å². The number of fused-ring (bicyclic) bond motifs is 1. The average molecular weight is 547 g/mol. The van der Waals surface area contributed by atoms with Gasteiger partial charge in [-0.25, -0.2) is 9.97 Å². The Morgan fingerprint density at radius 3 is 2.20 bits per heavy atom. The number of aromatic nitrogens is 2. The van der Waals surface area contributed by atoms with Gasteiger partial charge in [-0.1, -0.05) is 18.2 Å². The lowest BCUT2D eigenvalue weighted by molar-refractivity contribution is -0.142. The topological polar surface area (TPSA) is 94.1 Å². The smallest absolute Gasteiger partial charge is 0.325 e. The molecule has 2 aromatic carbocycles. The van der Waals surface area contributed by atoms with Crippen molar-refractivity contribution in [3.05, 3.63) is 53.9 Å². The lowest BCUT2D eigenvalue weighted by Gasteiger charge is -2.34. The number of carbonyl (C=O) groups excluding carboxylic acids is 2. The number of esters is 2. The molecule has 0 unspecified atom stereocenters. The van der Waals surface area contributed by atoms with Crippen LogP contribution in [0.25, 0.3) is 10.9 Å². The molecule has 0 spiro atoms. The molecule has 212 valence electrons. The Hall–Kier alpha value is -3.88. The Bertz CT molecular complexity index is 1330. The Labute approximate surface area is 235 Å². The van der Waals surface area contributed by atoms with E-state index >= 15 is 0 Å². The molecule has 9 nitrogen and oxygen atoms in total. The number of ether oxygens (including phenoxy) is 3. The molecule has 0 radical (unpaired) electrons. The summed E-state index contributed by atoms with van der Waals surface area (Å²) in [7, 11) is 1.73. The Kier molecular flexibility index (Phi) is 8.67. The maximum absolute atomic E-state index is 12.4. The molecule has 1 aromatic heterocycles. The van der Waals surface area contributed by atoms with Gasteiger partial charge in [0.15, 0.2) is 0 Å². The molecule has 0 atom stereocenters. The summed E-state index contributed by atoms with van der Waals surface area (Å²) in [6.07, 6.45) is 4.21. The number of hydrogen-bond donors (Lipinski definition) is 0. The summed E-state index contributed by atoms with van der Waals surface area (Å²) in [5.74, 6) is 2.80. The third kappa shape index (κ3) is 6.29. The maximum Gasteiger partial charge on any atom is 0.325 e. The van der Waals surface area contributed by atoms with Crippen molar-refractivity contribution in [2.24, 2.45) is 0 Å². The van der Waals surface area contributed by atoms with Crippen molar-refractivity contribution in [2.45, 2.75) is 51.4 Å². The zero-order valence-corrected chi connectivity index (χ0v) is 23.6. The standard InChI is InChI=1S/C31H38N4O5/c1-4-39-28(36)19-35(20-29(37)40-5-2)23-12-13-26-25(18-23)31(33-30(32-26)22-10-11-22)34-16-14-21(15-17-34)24-8-6-7-9-27(24)38-3/h6-9,12-13,18,21-22H,4-5,10-11,14-17,19-20H2,1-3H3. The van der Waals surface area contributed by atoms with Gasteiger partial charge < -0.3 is 24.0 Å². The van der Waals surface area contributed by atoms with Crippen LogP contribution >= 0.6 is 0 Å². The van der Waals surface area contributed by atoms with Crippen LogP contribution in [0.3, 0.4) is 0 Å². The van der Waals surface area contributed by atoms with Gasteiger partial charge in [-0.2, -0.15) is 0 Å². The quantitative estimate of drug-likeness (QED) is 0.313. The van der Waals surface area contributed by atoms with Crippen LogP contribution in [0, 0.1) is 0 Å². The van der Waals surface area contributed by atoms with Crippen molar-refractivity contribution >= 4 is 34.3 Å². The van der Waals surface area contributed by atoms with Crippen molar-refractivity contribution < 1.29 is 23.8 Å². The minimum Gasteiger partial charge on any atom is -0.496 e. The molecule has 3 aromatic rings. The van der Waals surface area contributed by atoms with E-state index in [0.717, 1.165) is 72.8 Å². The first kappa shape index (κ1) is 27.7. The number of piperidine rings is 1. The van der Waals surface area contributed by atoms with Crippen LogP contribution in [0.1, 0.15) is 62.8 Å². The maximum atomic E-state index is 12.4. The molecule has 1 aliphatic heterocycles. The number of hydrogen-bond acceptors (Lipinski definition) is 9. The van der Waals surface area contributed by atoms with Crippen molar-refractivity contribution in [3.63, 3.8) is 0 Å². The van der Waals surface area contributed by atoms with E-state index in [4.69, 9.17) is 24.2 Å². The van der Waals surface area contributed by atoms with E-state index in [1.54, 1.807) is 25.9 Å². The van der Waals surface area contributed by atoms with Gasteiger partial charge in [0, 0.05) is 30.1 Å². The number of carbonyl (C=O) groups is 2. The van der Waals surface area contributed by atoms with Crippen LogP contribution < -0.4 is 14.5 Å². The van der Waals surface area contributed by atoms with E-state index in [-0.39, 0.29) is 26.3 Å². The fraction of sp³-hybridized carbons (Fsp3) is 0.484. The van der Waals surface area contributed by atoms with E-state index in [0.29, 0.717) is 11.8 Å². The summed E-state index contributed by atoms with van der Waals surface area (Å²) >= 11 is 0. The lowest BCUT2D eigenvalue weighted by Crippen LogP contribution is -2.36. The zero-order chi connectivity index (χ0) is 28.1. The molecule has 1 saturated heterocycles. The Balaban J connectivity index is 1.46. The van der Waals surface area contributed by atoms with E-state index in [1.165, 1.54) is 5.56 Å². The number of para-hydroxylation sites is 1. The number of anilines is 2. The Morgan fingerprint density at radius 2 is 1.57 bits per heavy atom. The van der Waals surface area contributed by atoms with Crippen LogP contribution in [-0.4, -0.2) is 68.4 Å². The van der Waals surface area contributed by atoms with Gasteiger partial charge in [-0.3, -0.25) is 9.59 Å². The van der Waals surface area contributed by atoms with E-state index in [9.17, 15) is 9.59 Å². The number of benzene rings is 2. The number of methoxy groups -OCH3 is 1. The molecule has 40 heavy (non-hydrogen) atoms. The summed E-state index contributed by atoms with van der Waals surface area (Å²) in [6.45, 7) is 5.69. The first-order chi connectivity index (χ1) is 19.5. The second-order valence-electron chi connectivity index (χ2n) is 10.4. The predicted octanol–water partition coefficient (Wildman–Crippen LogP) is 4.83. The molecule has 0 N–H and O–H groups in total. The molecule has 9 heteroatoms. The van der Waals surface area contributed by atoms with Gasteiger partial charge in [0.25, 0.3) is 0 Å². The molecule has 0 bridgehead atoms. The van der Waals surface area contributed by atoms with Crippen molar-refractivity contribution in [1.29, 1.82) is 0 Å². The highest BCUT2D eigenvalue weighted by Gasteiger charge is 2.30. The van der Waals surface area contributed by atoms with E-state index < -0.39 is 11.9 Å². The first-order valence-electron chi connectivity index (χ1n) is 14.3. The molecular weight excluding hydrogens is 508 g/mol. The third-order valence-electron chi connectivity index (χ3n) is 7.61. The minimum atomic E-state index is -0.397. The van der Waals surface area contributed by atoms with Crippen molar-refractivity contribution in [1.82, 2.24) is 9.97 Å². The summed E-state index contributed by atoms with van der Waals surface area (Å²) in [6, 6.07) is 14.1. The van der Waals surface area contributed by atoms with E-state index in [1.807, 2.05) is 30.3 Å². The third-order valence-corrected chi connectivity index (χ3v) is 7.61. The first-order valence-corrected chi connectivity index (χ1v) is 14.3. The molecule has 1 aliphatic carbocycles. The summed E-state index contributed by atoms with van der Waals surface area (Å²) in [5, 5.41) is 0.912.